The summed E-state index contributed by atoms with van der Waals surface area (Å²) in [5.41, 5.74) is 4.51. The molecule has 0 spiro atoms. The second-order valence-corrected chi connectivity index (χ2v) is 8.84. The van der Waals surface area contributed by atoms with E-state index in [9.17, 15) is 0 Å². The van der Waals surface area contributed by atoms with Crippen molar-refractivity contribution in [1.82, 2.24) is 0 Å². The van der Waals surface area contributed by atoms with Crippen molar-refractivity contribution in [2.45, 2.75) is 25.2 Å². The van der Waals surface area contributed by atoms with E-state index < -0.39 is 0 Å². The van der Waals surface area contributed by atoms with Gasteiger partial charge in [-0.1, -0.05) is 109 Å². The molecule has 0 N–H and O–H groups in total. The summed E-state index contributed by atoms with van der Waals surface area (Å²) < 4.78 is 0. The van der Waals surface area contributed by atoms with Crippen LogP contribution in [0.4, 0.5) is 0 Å². The molecule has 0 aliphatic heterocycles. The number of hydrogen-bond donors (Lipinski definition) is 0. The van der Waals surface area contributed by atoms with E-state index in [4.69, 9.17) is 0 Å². The number of hydrogen-bond acceptors (Lipinski definition) is 0. The van der Waals surface area contributed by atoms with Gasteiger partial charge in [-0.25, -0.2) is 0 Å². The summed E-state index contributed by atoms with van der Waals surface area (Å²) in [6.07, 6.45) is 11.5. The topological polar surface area (TPSA) is 0 Å². The van der Waals surface area contributed by atoms with E-state index in [0.717, 1.165) is 0 Å². The number of benzene rings is 4. The first kappa shape index (κ1) is 17.7. The zero-order chi connectivity index (χ0) is 19.9. The fourth-order valence-electron chi connectivity index (χ4n) is 5.84. The van der Waals surface area contributed by atoms with Gasteiger partial charge in [0.15, 0.2) is 0 Å². The van der Waals surface area contributed by atoms with Crippen LogP contribution in [0.25, 0.3) is 27.6 Å². The molecule has 2 aliphatic rings. The predicted octanol–water partition coefficient (Wildman–Crippen LogP) is 8.15. The molecule has 3 unspecified atom stereocenters. The minimum Gasteiger partial charge on any atom is -0.0793 e. The smallest absolute Gasteiger partial charge is 0.00955 e. The number of allylic oxidation sites excluding steroid dienone is 3. The SMILES string of the molecule is C1=C2CCCC2C(/C=C/c2cccc3ccccc23)C1c1cccc2ccccc12. The lowest BCUT2D eigenvalue weighted by molar-refractivity contribution is 0.462. The van der Waals surface area contributed by atoms with Gasteiger partial charge in [0.25, 0.3) is 0 Å². The first-order valence-corrected chi connectivity index (χ1v) is 11.2. The lowest BCUT2D eigenvalue weighted by Crippen LogP contribution is -2.12. The maximum absolute atomic E-state index is 2.61. The van der Waals surface area contributed by atoms with Crippen LogP contribution in [0, 0.1) is 11.8 Å². The summed E-state index contributed by atoms with van der Waals surface area (Å²) in [5.74, 6) is 1.73. The molecule has 146 valence electrons. The van der Waals surface area contributed by atoms with Gasteiger partial charge in [0, 0.05) is 5.92 Å². The summed E-state index contributed by atoms with van der Waals surface area (Å²) in [7, 11) is 0. The third-order valence-electron chi connectivity index (χ3n) is 7.23. The van der Waals surface area contributed by atoms with Crippen molar-refractivity contribution in [3.63, 3.8) is 0 Å². The Morgan fingerprint density at radius 2 is 1.40 bits per heavy atom. The van der Waals surface area contributed by atoms with Crippen LogP contribution in [0.3, 0.4) is 0 Å². The Morgan fingerprint density at radius 1 is 0.700 bits per heavy atom. The predicted molar refractivity (Wildman–Crippen MR) is 129 cm³/mol. The first-order valence-electron chi connectivity index (χ1n) is 11.2. The highest BCUT2D eigenvalue weighted by Crippen LogP contribution is 2.51. The van der Waals surface area contributed by atoms with Crippen LogP contribution in [0.5, 0.6) is 0 Å². The molecule has 0 nitrogen and oxygen atoms in total. The quantitative estimate of drug-likeness (QED) is 0.312. The summed E-state index contributed by atoms with van der Waals surface area (Å²) in [6.45, 7) is 0. The molecule has 0 saturated heterocycles. The van der Waals surface area contributed by atoms with E-state index in [-0.39, 0.29) is 0 Å². The van der Waals surface area contributed by atoms with E-state index >= 15 is 0 Å². The highest BCUT2D eigenvalue weighted by molar-refractivity contribution is 5.90. The maximum Gasteiger partial charge on any atom is 0.00955 e. The minimum absolute atomic E-state index is 0.475. The van der Waals surface area contributed by atoms with Gasteiger partial charge >= 0.3 is 0 Å². The average molecular weight is 387 g/mol. The standard InChI is InChI=1S/C30H26/c1-3-14-25-21(8-1)10-5-11-23(25)18-19-29-27-16-7-13-24(27)20-30(29)28-17-6-12-22-9-2-4-15-26(22)28/h1-6,8-12,14-15,17-20,27,29-30H,7,13,16H2/b19-18+. The molecule has 0 aromatic heterocycles. The van der Waals surface area contributed by atoms with E-state index in [1.807, 2.05) is 0 Å². The van der Waals surface area contributed by atoms with E-state index in [1.165, 1.54) is 51.9 Å². The fourth-order valence-corrected chi connectivity index (χ4v) is 5.84. The van der Waals surface area contributed by atoms with Gasteiger partial charge in [-0.05, 0) is 63.8 Å². The second-order valence-electron chi connectivity index (χ2n) is 8.84. The molecule has 0 bridgehead atoms. The van der Waals surface area contributed by atoms with E-state index in [1.54, 1.807) is 5.57 Å². The van der Waals surface area contributed by atoms with Crippen molar-refractivity contribution < 1.29 is 0 Å². The Morgan fingerprint density at radius 3 is 2.27 bits per heavy atom. The summed E-state index contributed by atoms with van der Waals surface area (Å²) in [4.78, 5) is 0. The number of rotatable bonds is 3. The Kier molecular flexibility index (Phi) is 4.30. The van der Waals surface area contributed by atoms with Gasteiger partial charge in [-0.3, -0.25) is 0 Å². The van der Waals surface area contributed by atoms with E-state index in [0.29, 0.717) is 17.8 Å². The van der Waals surface area contributed by atoms with Crippen molar-refractivity contribution >= 4 is 27.6 Å². The Bertz CT molecular complexity index is 1280. The van der Waals surface area contributed by atoms with Crippen LogP contribution in [0.1, 0.15) is 36.3 Å². The fraction of sp³-hybridized carbons (Fsp3) is 0.200. The normalized spacial score (nSPS) is 23.3. The lowest BCUT2D eigenvalue weighted by Gasteiger charge is -2.23. The van der Waals surface area contributed by atoms with Gasteiger partial charge in [0.1, 0.15) is 0 Å². The number of fused-ring (bicyclic) bond motifs is 3. The van der Waals surface area contributed by atoms with Gasteiger partial charge in [-0.15, -0.1) is 0 Å². The molecular formula is C30H26. The average Bonchev–Trinajstić information content (AvgIpc) is 3.39. The molecular weight excluding hydrogens is 360 g/mol. The van der Waals surface area contributed by atoms with Crippen LogP contribution in [-0.4, -0.2) is 0 Å². The second kappa shape index (κ2) is 7.29. The van der Waals surface area contributed by atoms with Crippen LogP contribution >= 0.6 is 0 Å². The molecule has 2 aliphatic carbocycles. The van der Waals surface area contributed by atoms with Crippen molar-refractivity contribution in [3.8, 4) is 0 Å². The van der Waals surface area contributed by atoms with E-state index in [2.05, 4.69) is 103 Å². The lowest BCUT2D eigenvalue weighted by atomic mass is 9.80. The van der Waals surface area contributed by atoms with Crippen molar-refractivity contribution in [2.75, 3.05) is 0 Å². The first-order chi connectivity index (χ1) is 14.9. The third kappa shape index (κ3) is 2.91. The van der Waals surface area contributed by atoms with Crippen molar-refractivity contribution in [3.05, 3.63) is 114 Å². The Balaban J connectivity index is 1.44. The Hall–Kier alpha value is -3.12. The van der Waals surface area contributed by atoms with Crippen molar-refractivity contribution in [1.29, 1.82) is 0 Å². The monoisotopic (exact) mass is 386 g/mol. The zero-order valence-corrected chi connectivity index (χ0v) is 17.2. The Labute approximate surface area is 178 Å². The van der Waals surface area contributed by atoms with Gasteiger partial charge in [0.2, 0.25) is 0 Å². The van der Waals surface area contributed by atoms with Gasteiger partial charge in [0.05, 0.1) is 0 Å². The molecule has 4 aromatic carbocycles. The molecule has 30 heavy (non-hydrogen) atoms. The van der Waals surface area contributed by atoms with Gasteiger partial charge in [-0.2, -0.15) is 0 Å². The van der Waals surface area contributed by atoms with Gasteiger partial charge < -0.3 is 0 Å². The third-order valence-corrected chi connectivity index (χ3v) is 7.23. The highest BCUT2D eigenvalue weighted by atomic mass is 14.4. The summed E-state index contributed by atoms with van der Waals surface area (Å²) in [5, 5.41) is 5.42. The minimum atomic E-state index is 0.475. The zero-order valence-electron chi connectivity index (χ0n) is 17.2. The molecule has 1 saturated carbocycles. The molecule has 4 aromatic rings. The highest BCUT2D eigenvalue weighted by Gasteiger charge is 2.38. The van der Waals surface area contributed by atoms with Crippen molar-refractivity contribution in [2.24, 2.45) is 11.8 Å². The molecule has 0 radical (unpaired) electrons. The molecule has 6 rings (SSSR count). The van der Waals surface area contributed by atoms with Crippen LogP contribution in [0.2, 0.25) is 0 Å². The molecule has 1 fully saturated rings. The largest absolute Gasteiger partial charge is 0.0793 e. The summed E-state index contributed by atoms with van der Waals surface area (Å²) in [6, 6.07) is 31.0. The molecule has 3 atom stereocenters. The molecule has 0 amide bonds. The van der Waals surface area contributed by atoms with Crippen LogP contribution < -0.4 is 0 Å². The molecule has 0 heteroatoms. The maximum atomic E-state index is 2.61. The molecule has 0 heterocycles. The van der Waals surface area contributed by atoms with Crippen LogP contribution in [0.15, 0.2) is 103 Å². The summed E-state index contributed by atoms with van der Waals surface area (Å²) >= 11 is 0. The van der Waals surface area contributed by atoms with Crippen LogP contribution in [-0.2, 0) is 0 Å².